The second-order valence-corrected chi connectivity index (χ2v) is 6.49. The standard InChI is InChI=1S/C18H19FN4O3/c1-22(18(12-20)9-3-2-4-10-18)15(24)11-23-17(25)26-16(21-23)13-5-7-14(19)8-6-13/h5-8H,2-4,9-11H2,1H3. The maximum absolute atomic E-state index is 13.0. The van der Waals surface area contributed by atoms with Gasteiger partial charge in [-0.25, -0.2) is 9.18 Å². The van der Waals surface area contributed by atoms with Crippen molar-refractivity contribution in [1.29, 1.82) is 5.26 Å². The molecule has 2 aromatic rings. The van der Waals surface area contributed by atoms with Crippen LogP contribution in [0.5, 0.6) is 0 Å². The number of aromatic nitrogens is 2. The molecule has 0 bridgehead atoms. The maximum Gasteiger partial charge on any atom is 0.437 e. The van der Waals surface area contributed by atoms with Gasteiger partial charge >= 0.3 is 5.76 Å². The third-order valence-electron chi connectivity index (χ3n) is 4.89. The first kappa shape index (κ1) is 17.9. The molecule has 3 rings (SSSR count). The number of halogens is 1. The largest absolute Gasteiger partial charge is 0.437 e. The van der Waals surface area contributed by atoms with Gasteiger partial charge < -0.3 is 9.32 Å². The van der Waals surface area contributed by atoms with E-state index in [1.807, 2.05) is 0 Å². The van der Waals surface area contributed by atoms with E-state index < -0.39 is 17.1 Å². The number of hydrogen-bond acceptors (Lipinski definition) is 5. The van der Waals surface area contributed by atoms with Crippen LogP contribution in [0.25, 0.3) is 11.5 Å². The lowest BCUT2D eigenvalue weighted by atomic mass is 9.81. The molecule has 1 amide bonds. The summed E-state index contributed by atoms with van der Waals surface area (Å²) in [7, 11) is 1.59. The Hall–Kier alpha value is -2.95. The third kappa shape index (κ3) is 3.38. The van der Waals surface area contributed by atoms with Gasteiger partial charge in [-0.1, -0.05) is 19.3 Å². The Labute approximate surface area is 149 Å². The molecule has 1 fully saturated rings. The lowest BCUT2D eigenvalue weighted by Gasteiger charge is -2.38. The zero-order valence-electron chi connectivity index (χ0n) is 14.4. The highest BCUT2D eigenvalue weighted by Crippen LogP contribution is 2.32. The van der Waals surface area contributed by atoms with E-state index >= 15 is 0 Å². The summed E-state index contributed by atoms with van der Waals surface area (Å²) in [5, 5.41) is 13.6. The van der Waals surface area contributed by atoms with E-state index in [2.05, 4.69) is 11.2 Å². The van der Waals surface area contributed by atoms with Gasteiger partial charge in [0.2, 0.25) is 11.8 Å². The van der Waals surface area contributed by atoms with Crippen LogP contribution in [0, 0.1) is 17.1 Å². The van der Waals surface area contributed by atoms with Crippen molar-refractivity contribution in [1.82, 2.24) is 14.7 Å². The van der Waals surface area contributed by atoms with E-state index in [-0.39, 0.29) is 18.3 Å². The molecule has 1 heterocycles. The Bertz CT molecular complexity index is 888. The van der Waals surface area contributed by atoms with Gasteiger partial charge in [0.05, 0.1) is 6.07 Å². The zero-order valence-corrected chi connectivity index (χ0v) is 14.4. The number of nitriles is 1. The van der Waals surface area contributed by atoms with Crippen molar-refractivity contribution in [2.24, 2.45) is 0 Å². The van der Waals surface area contributed by atoms with Crippen molar-refractivity contribution < 1.29 is 13.6 Å². The fraction of sp³-hybridized carbons (Fsp3) is 0.444. The molecule has 7 nitrogen and oxygen atoms in total. The maximum atomic E-state index is 13.0. The van der Waals surface area contributed by atoms with Gasteiger partial charge in [0.15, 0.2) is 0 Å². The van der Waals surface area contributed by atoms with E-state index in [4.69, 9.17) is 4.42 Å². The summed E-state index contributed by atoms with van der Waals surface area (Å²) >= 11 is 0. The minimum absolute atomic E-state index is 0.0121. The van der Waals surface area contributed by atoms with Crippen LogP contribution in [0.4, 0.5) is 4.39 Å². The second kappa shape index (κ2) is 7.12. The Morgan fingerprint density at radius 1 is 1.35 bits per heavy atom. The first-order valence-electron chi connectivity index (χ1n) is 8.47. The molecule has 0 radical (unpaired) electrons. The molecule has 136 valence electrons. The Morgan fingerprint density at radius 3 is 2.62 bits per heavy atom. The number of likely N-dealkylation sites (N-methyl/N-ethyl adjacent to an activating group) is 1. The summed E-state index contributed by atoms with van der Waals surface area (Å²) in [5.41, 5.74) is -0.397. The molecular weight excluding hydrogens is 339 g/mol. The van der Waals surface area contributed by atoms with E-state index in [1.54, 1.807) is 7.05 Å². The normalized spacial score (nSPS) is 16.0. The van der Waals surface area contributed by atoms with Crippen molar-refractivity contribution >= 4 is 5.91 Å². The minimum Gasteiger partial charge on any atom is -0.388 e. The molecule has 0 saturated heterocycles. The van der Waals surface area contributed by atoms with Crippen molar-refractivity contribution in [3.8, 4) is 17.5 Å². The molecule has 0 atom stereocenters. The molecule has 1 saturated carbocycles. The average Bonchev–Trinajstić information content (AvgIpc) is 3.02. The van der Waals surface area contributed by atoms with Crippen molar-refractivity contribution in [3.63, 3.8) is 0 Å². The fourth-order valence-corrected chi connectivity index (χ4v) is 3.25. The van der Waals surface area contributed by atoms with Gasteiger partial charge in [-0.05, 0) is 37.1 Å². The number of hydrogen-bond donors (Lipinski definition) is 0. The average molecular weight is 358 g/mol. The molecule has 1 aliphatic rings. The quantitative estimate of drug-likeness (QED) is 0.836. The summed E-state index contributed by atoms with van der Waals surface area (Å²) in [6.45, 7) is -0.316. The van der Waals surface area contributed by atoms with E-state index in [1.165, 1.54) is 29.2 Å². The zero-order chi connectivity index (χ0) is 18.7. The fourth-order valence-electron chi connectivity index (χ4n) is 3.25. The van der Waals surface area contributed by atoms with Gasteiger partial charge in [0, 0.05) is 12.6 Å². The second-order valence-electron chi connectivity index (χ2n) is 6.49. The van der Waals surface area contributed by atoms with Gasteiger partial charge in [0.1, 0.15) is 17.9 Å². The highest BCUT2D eigenvalue weighted by molar-refractivity contribution is 5.77. The molecule has 1 aliphatic carbocycles. The van der Waals surface area contributed by atoms with Crippen molar-refractivity contribution in [2.45, 2.75) is 44.2 Å². The summed E-state index contributed by atoms with van der Waals surface area (Å²) in [4.78, 5) is 26.0. The molecule has 26 heavy (non-hydrogen) atoms. The molecule has 8 heteroatoms. The van der Waals surface area contributed by atoms with E-state index in [0.29, 0.717) is 18.4 Å². The topological polar surface area (TPSA) is 92.1 Å². The van der Waals surface area contributed by atoms with Crippen LogP contribution in [-0.2, 0) is 11.3 Å². The van der Waals surface area contributed by atoms with Gasteiger partial charge in [-0.3, -0.25) is 4.79 Å². The van der Waals surface area contributed by atoms with Crippen molar-refractivity contribution in [3.05, 3.63) is 40.6 Å². The molecule has 0 unspecified atom stereocenters. The summed E-state index contributed by atoms with van der Waals surface area (Å²) in [6, 6.07) is 7.60. The van der Waals surface area contributed by atoms with Crippen LogP contribution in [0.2, 0.25) is 0 Å². The molecule has 1 aromatic carbocycles. The van der Waals surface area contributed by atoms with Crippen LogP contribution in [0.15, 0.2) is 33.5 Å². The first-order valence-corrected chi connectivity index (χ1v) is 8.47. The van der Waals surface area contributed by atoms with Crippen LogP contribution >= 0.6 is 0 Å². The van der Waals surface area contributed by atoms with Crippen LogP contribution < -0.4 is 5.76 Å². The van der Waals surface area contributed by atoms with Crippen LogP contribution in [0.3, 0.4) is 0 Å². The lowest BCUT2D eigenvalue weighted by molar-refractivity contribution is -0.135. The van der Waals surface area contributed by atoms with Crippen LogP contribution in [-0.4, -0.2) is 33.2 Å². The Kier molecular flexibility index (Phi) is 4.89. The number of carbonyl (C=O) groups is 1. The molecular formula is C18H19FN4O3. The number of carbonyl (C=O) groups excluding carboxylic acids is 1. The molecule has 0 spiro atoms. The van der Waals surface area contributed by atoms with Crippen molar-refractivity contribution in [2.75, 3.05) is 7.05 Å². The summed E-state index contributed by atoms with van der Waals surface area (Å²) in [6.07, 6.45) is 4.09. The van der Waals surface area contributed by atoms with E-state index in [9.17, 15) is 19.2 Å². The van der Waals surface area contributed by atoms with Gasteiger partial charge in [0.25, 0.3) is 0 Å². The smallest absolute Gasteiger partial charge is 0.388 e. The first-order chi connectivity index (χ1) is 12.4. The third-order valence-corrected chi connectivity index (χ3v) is 4.89. The highest BCUT2D eigenvalue weighted by atomic mass is 19.1. The number of rotatable bonds is 4. The predicted molar refractivity (Wildman–Crippen MR) is 90.4 cm³/mol. The van der Waals surface area contributed by atoms with Gasteiger partial charge in [-0.2, -0.15) is 9.94 Å². The summed E-state index contributed by atoms with van der Waals surface area (Å²) in [5.74, 6) is -1.56. The number of benzene rings is 1. The molecule has 0 aliphatic heterocycles. The highest BCUT2D eigenvalue weighted by Gasteiger charge is 2.39. The lowest BCUT2D eigenvalue weighted by Crippen LogP contribution is -2.51. The van der Waals surface area contributed by atoms with Gasteiger partial charge in [-0.15, -0.1) is 5.10 Å². The minimum atomic E-state index is -0.831. The van der Waals surface area contributed by atoms with Crippen LogP contribution in [0.1, 0.15) is 32.1 Å². The monoisotopic (exact) mass is 358 g/mol. The molecule has 1 aromatic heterocycles. The number of amides is 1. The van der Waals surface area contributed by atoms with E-state index in [0.717, 1.165) is 23.9 Å². The SMILES string of the molecule is CN(C(=O)Cn1nc(-c2ccc(F)cc2)oc1=O)C1(C#N)CCCCC1. The Balaban J connectivity index is 1.78. The molecule has 0 N–H and O–H groups in total. The summed E-state index contributed by atoms with van der Waals surface area (Å²) < 4.78 is 19.0. The Morgan fingerprint density at radius 2 is 2.00 bits per heavy atom. The predicted octanol–water partition coefficient (Wildman–Crippen LogP) is 2.33. The number of nitrogens with zero attached hydrogens (tertiary/aromatic N) is 4.